The minimum atomic E-state index is -0.326. The first-order valence-electron chi connectivity index (χ1n) is 11.4. The third-order valence-electron chi connectivity index (χ3n) is 6.66. The number of halogens is 1. The Hall–Kier alpha value is -3.03. The van der Waals surface area contributed by atoms with E-state index in [-0.39, 0.29) is 30.1 Å². The number of carbonyl (C=O) groups is 2. The predicted octanol–water partition coefficient (Wildman–Crippen LogP) is 3.13. The molecule has 2 amide bonds. The van der Waals surface area contributed by atoms with Crippen LogP contribution in [0.3, 0.4) is 0 Å². The Morgan fingerprint density at radius 2 is 1.78 bits per heavy atom. The van der Waals surface area contributed by atoms with Crippen LogP contribution in [0, 0.1) is 11.7 Å². The summed E-state index contributed by atoms with van der Waals surface area (Å²) in [5.41, 5.74) is 0.940. The van der Waals surface area contributed by atoms with Gasteiger partial charge in [0.1, 0.15) is 5.82 Å². The van der Waals surface area contributed by atoms with Gasteiger partial charge in [0.15, 0.2) is 0 Å². The van der Waals surface area contributed by atoms with E-state index in [1.807, 2.05) is 9.80 Å². The third-order valence-corrected chi connectivity index (χ3v) is 6.66. The molecule has 1 atom stereocenters. The first-order valence-corrected chi connectivity index (χ1v) is 11.4. The van der Waals surface area contributed by atoms with E-state index in [0.29, 0.717) is 36.1 Å². The SMILES string of the molecule is CNc1ncc(C(=O)N2CCC([C@H]3CCCCN3C(=O)Cc3ccccc3F)CC2)cn1. The summed E-state index contributed by atoms with van der Waals surface area (Å²) in [6.45, 7) is 2.04. The number of nitrogens with one attached hydrogen (secondary N) is 1. The fourth-order valence-corrected chi connectivity index (χ4v) is 4.90. The number of hydrogen-bond acceptors (Lipinski definition) is 5. The normalized spacial score (nSPS) is 19.6. The molecule has 3 heterocycles. The van der Waals surface area contributed by atoms with E-state index in [4.69, 9.17) is 0 Å². The predicted molar refractivity (Wildman–Crippen MR) is 120 cm³/mol. The lowest BCUT2D eigenvalue weighted by Gasteiger charge is -2.43. The Balaban J connectivity index is 1.37. The Kier molecular flexibility index (Phi) is 6.97. The van der Waals surface area contributed by atoms with Crippen LogP contribution in [0.15, 0.2) is 36.7 Å². The second-order valence-corrected chi connectivity index (χ2v) is 8.59. The summed E-state index contributed by atoms with van der Waals surface area (Å²) >= 11 is 0. The van der Waals surface area contributed by atoms with Crippen LogP contribution in [0.1, 0.15) is 48.0 Å². The summed E-state index contributed by atoms with van der Waals surface area (Å²) in [5, 5.41) is 2.85. The highest BCUT2D eigenvalue weighted by atomic mass is 19.1. The quantitative estimate of drug-likeness (QED) is 0.775. The number of hydrogen-bond donors (Lipinski definition) is 1. The lowest BCUT2D eigenvalue weighted by molar-refractivity contribution is -0.136. The zero-order valence-electron chi connectivity index (χ0n) is 18.5. The van der Waals surface area contributed by atoms with Gasteiger partial charge in [-0.25, -0.2) is 14.4 Å². The molecule has 32 heavy (non-hydrogen) atoms. The number of rotatable bonds is 5. The van der Waals surface area contributed by atoms with Crippen molar-refractivity contribution in [3.63, 3.8) is 0 Å². The van der Waals surface area contributed by atoms with Crippen molar-refractivity contribution in [1.82, 2.24) is 19.8 Å². The van der Waals surface area contributed by atoms with Crippen LogP contribution in [-0.2, 0) is 11.2 Å². The van der Waals surface area contributed by atoms with E-state index in [1.165, 1.54) is 6.07 Å². The summed E-state index contributed by atoms with van der Waals surface area (Å²) in [4.78, 5) is 38.0. The number of nitrogens with zero attached hydrogens (tertiary/aromatic N) is 4. The fraction of sp³-hybridized carbons (Fsp3) is 0.500. The molecule has 7 nitrogen and oxygen atoms in total. The molecule has 0 unspecified atom stereocenters. The molecule has 4 rings (SSSR count). The largest absolute Gasteiger partial charge is 0.357 e. The van der Waals surface area contributed by atoms with Gasteiger partial charge < -0.3 is 15.1 Å². The van der Waals surface area contributed by atoms with Crippen molar-refractivity contribution in [3.8, 4) is 0 Å². The highest BCUT2D eigenvalue weighted by molar-refractivity contribution is 5.93. The average molecular weight is 440 g/mol. The van der Waals surface area contributed by atoms with Crippen LogP contribution in [0.4, 0.5) is 10.3 Å². The Labute approximate surface area is 188 Å². The van der Waals surface area contributed by atoms with Gasteiger partial charge in [-0.15, -0.1) is 0 Å². The first kappa shape index (κ1) is 22.2. The Bertz CT molecular complexity index is 944. The molecule has 0 radical (unpaired) electrons. The molecule has 170 valence electrons. The highest BCUT2D eigenvalue weighted by Crippen LogP contribution is 2.31. The van der Waals surface area contributed by atoms with Crippen LogP contribution in [0.2, 0.25) is 0 Å². The van der Waals surface area contributed by atoms with Crippen LogP contribution >= 0.6 is 0 Å². The molecule has 0 spiro atoms. The molecule has 2 aromatic rings. The molecular formula is C24H30FN5O2. The van der Waals surface area contributed by atoms with Crippen molar-refractivity contribution in [2.75, 3.05) is 32.0 Å². The van der Waals surface area contributed by atoms with Gasteiger partial charge in [0, 0.05) is 45.1 Å². The summed E-state index contributed by atoms with van der Waals surface area (Å²) in [7, 11) is 1.73. The average Bonchev–Trinajstić information content (AvgIpc) is 2.85. The Morgan fingerprint density at radius 3 is 2.47 bits per heavy atom. The molecule has 0 bridgehead atoms. The second-order valence-electron chi connectivity index (χ2n) is 8.59. The van der Waals surface area contributed by atoms with Crippen molar-refractivity contribution in [3.05, 3.63) is 53.6 Å². The molecule has 0 saturated carbocycles. The van der Waals surface area contributed by atoms with Gasteiger partial charge in [-0.2, -0.15) is 0 Å². The standard InChI is InChI=1S/C24H30FN5O2/c1-26-24-27-15-19(16-28-24)23(32)29-12-9-17(10-13-29)21-8-4-5-11-30(21)22(31)14-18-6-2-3-7-20(18)25/h2-3,6-7,15-17,21H,4-5,8-14H2,1H3,(H,26,27,28)/t21-/m1/s1. The van der Waals surface area contributed by atoms with E-state index < -0.39 is 0 Å². The highest BCUT2D eigenvalue weighted by Gasteiger charge is 2.35. The van der Waals surface area contributed by atoms with Crippen LogP contribution < -0.4 is 5.32 Å². The number of amides is 2. The maximum Gasteiger partial charge on any atom is 0.256 e. The minimum Gasteiger partial charge on any atom is -0.357 e. The zero-order chi connectivity index (χ0) is 22.5. The number of likely N-dealkylation sites (tertiary alicyclic amines) is 2. The van der Waals surface area contributed by atoms with E-state index in [9.17, 15) is 14.0 Å². The summed E-state index contributed by atoms with van der Waals surface area (Å²) in [6.07, 6.45) is 7.98. The fourth-order valence-electron chi connectivity index (χ4n) is 4.90. The molecule has 2 aliphatic heterocycles. The van der Waals surface area contributed by atoms with Crippen molar-refractivity contribution in [1.29, 1.82) is 0 Å². The summed E-state index contributed by atoms with van der Waals surface area (Å²) in [5.74, 6) is 0.458. The third kappa shape index (κ3) is 4.89. The lowest BCUT2D eigenvalue weighted by atomic mass is 9.83. The molecule has 1 aromatic carbocycles. The second kappa shape index (κ2) is 10.1. The summed E-state index contributed by atoms with van der Waals surface area (Å²) < 4.78 is 14.0. The van der Waals surface area contributed by atoms with Crippen LogP contribution in [0.25, 0.3) is 0 Å². The molecule has 8 heteroatoms. The molecule has 1 N–H and O–H groups in total. The minimum absolute atomic E-state index is 0.0000723. The smallest absolute Gasteiger partial charge is 0.256 e. The number of benzene rings is 1. The lowest BCUT2D eigenvalue weighted by Crippen LogP contribution is -2.51. The Morgan fingerprint density at radius 1 is 1.06 bits per heavy atom. The summed E-state index contributed by atoms with van der Waals surface area (Å²) in [6, 6.07) is 6.66. The van der Waals surface area contributed by atoms with Crippen molar-refractivity contribution in [2.24, 2.45) is 5.92 Å². The molecule has 0 aliphatic carbocycles. The first-order chi connectivity index (χ1) is 15.6. The van der Waals surface area contributed by atoms with E-state index in [1.54, 1.807) is 37.6 Å². The van der Waals surface area contributed by atoms with Gasteiger partial charge in [0.25, 0.3) is 5.91 Å². The van der Waals surface area contributed by atoms with Crippen molar-refractivity contribution >= 4 is 17.8 Å². The van der Waals surface area contributed by atoms with Crippen LogP contribution in [0.5, 0.6) is 0 Å². The number of aromatic nitrogens is 2. The van der Waals surface area contributed by atoms with Crippen molar-refractivity contribution in [2.45, 2.75) is 44.6 Å². The maximum absolute atomic E-state index is 14.0. The number of anilines is 1. The maximum atomic E-state index is 14.0. The van der Waals surface area contributed by atoms with Gasteiger partial charge in [0.05, 0.1) is 12.0 Å². The van der Waals surface area contributed by atoms with Gasteiger partial charge >= 0.3 is 0 Å². The molecule has 2 fully saturated rings. The monoisotopic (exact) mass is 439 g/mol. The zero-order valence-corrected chi connectivity index (χ0v) is 18.5. The van der Waals surface area contributed by atoms with Gasteiger partial charge in [-0.3, -0.25) is 9.59 Å². The molecule has 2 aliphatic rings. The topological polar surface area (TPSA) is 78.4 Å². The van der Waals surface area contributed by atoms with Crippen LogP contribution in [-0.4, -0.2) is 64.3 Å². The van der Waals surface area contributed by atoms with E-state index in [2.05, 4.69) is 15.3 Å². The number of carbonyl (C=O) groups excluding carboxylic acids is 2. The van der Waals surface area contributed by atoms with Gasteiger partial charge in [-0.05, 0) is 49.7 Å². The van der Waals surface area contributed by atoms with Gasteiger partial charge in [-0.1, -0.05) is 18.2 Å². The van der Waals surface area contributed by atoms with Crippen molar-refractivity contribution < 1.29 is 14.0 Å². The molecule has 1 aromatic heterocycles. The van der Waals surface area contributed by atoms with Gasteiger partial charge in [0.2, 0.25) is 11.9 Å². The molecular weight excluding hydrogens is 409 g/mol. The number of piperidine rings is 2. The van der Waals surface area contributed by atoms with E-state index >= 15 is 0 Å². The molecule has 2 saturated heterocycles. The van der Waals surface area contributed by atoms with E-state index in [0.717, 1.165) is 38.6 Å².